The fourth-order valence-corrected chi connectivity index (χ4v) is 4.06. The van der Waals surface area contributed by atoms with Crippen LogP contribution in [0, 0.1) is 11.3 Å². The lowest BCUT2D eigenvalue weighted by molar-refractivity contribution is 0.601. The van der Waals surface area contributed by atoms with Gasteiger partial charge in [-0.3, -0.25) is 4.72 Å². The molecule has 0 radical (unpaired) electrons. The topological polar surface area (TPSA) is 73.2 Å². The van der Waals surface area contributed by atoms with Crippen molar-refractivity contribution in [1.29, 1.82) is 5.26 Å². The molecule has 0 aliphatic carbocycles. The zero-order chi connectivity index (χ0) is 16.4. The highest BCUT2D eigenvalue weighted by atomic mass is 32.2. The third kappa shape index (κ3) is 3.01. The molecule has 1 N–H and O–H groups in total. The summed E-state index contributed by atoms with van der Waals surface area (Å²) in [5.41, 5.74) is 2.92. The van der Waals surface area contributed by atoms with Crippen molar-refractivity contribution >= 4 is 21.4 Å². The first-order valence-corrected chi connectivity index (χ1v) is 8.85. The van der Waals surface area contributed by atoms with Crippen LogP contribution in [0.1, 0.15) is 17.5 Å². The molecular weight excluding hydrogens is 310 g/mol. The van der Waals surface area contributed by atoms with Crippen molar-refractivity contribution in [2.45, 2.75) is 17.7 Å². The summed E-state index contributed by atoms with van der Waals surface area (Å²) in [4.78, 5) is 2.17. The van der Waals surface area contributed by atoms with E-state index in [2.05, 4.69) is 9.62 Å². The summed E-state index contributed by atoms with van der Waals surface area (Å²) in [5, 5.41) is 9.09. The predicted octanol–water partition coefficient (Wildman–Crippen LogP) is 2.74. The number of hydrogen-bond donors (Lipinski definition) is 1. The van der Waals surface area contributed by atoms with E-state index in [0.29, 0.717) is 5.69 Å². The van der Waals surface area contributed by atoms with Crippen molar-refractivity contribution in [2.75, 3.05) is 23.2 Å². The Kier molecular flexibility index (Phi) is 3.97. The van der Waals surface area contributed by atoms with Gasteiger partial charge in [0.05, 0.1) is 5.56 Å². The minimum atomic E-state index is -3.78. The molecule has 0 unspecified atom stereocenters. The zero-order valence-corrected chi connectivity index (χ0v) is 13.6. The Morgan fingerprint density at radius 1 is 1.22 bits per heavy atom. The van der Waals surface area contributed by atoms with Gasteiger partial charge in [-0.1, -0.05) is 12.1 Å². The van der Waals surface area contributed by atoms with Gasteiger partial charge < -0.3 is 4.90 Å². The lowest BCUT2D eigenvalue weighted by atomic mass is 10.0. The molecule has 0 spiro atoms. The molecule has 3 rings (SSSR count). The van der Waals surface area contributed by atoms with Gasteiger partial charge in [0.15, 0.2) is 0 Å². The molecule has 0 aromatic heterocycles. The highest BCUT2D eigenvalue weighted by Gasteiger charge is 2.20. The molecule has 1 heterocycles. The molecule has 0 saturated heterocycles. The molecule has 2 aromatic carbocycles. The van der Waals surface area contributed by atoms with Crippen LogP contribution in [-0.2, 0) is 16.4 Å². The summed E-state index contributed by atoms with van der Waals surface area (Å²) < 4.78 is 27.7. The maximum Gasteiger partial charge on any atom is 0.263 e. The standard InChI is InChI=1S/C17H17N3O2S/c1-20-10-4-6-13-11-15(8-9-16(13)20)19-23(21,22)17-7-3-2-5-14(17)12-18/h2-3,5,7-9,11,19H,4,6,10H2,1H3. The van der Waals surface area contributed by atoms with Gasteiger partial charge in [0.2, 0.25) is 0 Å². The first-order chi connectivity index (χ1) is 11.0. The monoisotopic (exact) mass is 327 g/mol. The summed E-state index contributed by atoms with van der Waals surface area (Å²) in [6.07, 6.45) is 1.99. The average molecular weight is 327 g/mol. The Bertz CT molecular complexity index is 885. The number of nitriles is 1. The lowest BCUT2D eigenvalue weighted by Gasteiger charge is -2.27. The van der Waals surface area contributed by atoms with Crippen molar-refractivity contribution in [2.24, 2.45) is 0 Å². The molecule has 2 aromatic rings. The number of benzene rings is 2. The molecule has 0 atom stereocenters. The van der Waals surface area contributed by atoms with Crippen LogP contribution in [0.25, 0.3) is 0 Å². The van der Waals surface area contributed by atoms with Gasteiger partial charge in [-0.25, -0.2) is 8.42 Å². The van der Waals surface area contributed by atoms with Crippen LogP contribution < -0.4 is 9.62 Å². The third-order valence-electron chi connectivity index (χ3n) is 3.98. The Labute approximate surface area is 136 Å². The third-order valence-corrected chi connectivity index (χ3v) is 5.42. The van der Waals surface area contributed by atoms with Crippen LogP contribution in [0.3, 0.4) is 0 Å². The molecule has 0 bridgehead atoms. The van der Waals surface area contributed by atoms with Crippen molar-refractivity contribution in [3.63, 3.8) is 0 Å². The van der Waals surface area contributed by atoms with E-state index in [1.807, 2.05) is 25.2 Å². The predicted molar refractivity (Wildman–Crippen MR) is 90.0 cm³/mol. The second kappa shape index (κ2) is 5.94. The average Bonchev–Trinajstić information content (AvgIpc) is 2.54. The smallest absolute Gasteiger partial charge is 0.263 e. The highest BCUT2D eigenvalue weighted by Crippen LogP contribution is 2.29. The number of fused-ring (bicyclic) bond motifs is 1. The van der Waals surface area contributed by atoms with E-state index in [1.54, 1.807) is 18.2 Å². The van der Waals surface area contributed by atoms with E-state index in [0.717, 1.165) is 30.6 Å². The lowest BCUT2D eigenvalue weighted by Crippen LogP contribution is -2.24. The number of hydrogen-bond acceptors (Lipinski definition) is 4. The fourth-order valence-electron chi connectivity index (χ4n) is 2.85. The fraction of sp³-hybridized carbons (Fsp3) is 0.235. The van der Waals surface area contributed by atoms with Gasteiger partial charge in [-0.2, -0.15) is 5.26 Å². The van der Waals surface area contributed by atoms with Gasteiger partial charge >= 0.3 is 0 Å². The van der Waals surface area contributed by atoms with E-state index in [9.17, 15) is 8.42 Å². The minimum Gasteiger partial charge on any atom is -0.374 e. The summed E-state index contributed by atoms with van der Waals surface area (Å²) in [6.45, 7) is 1.01. The molecule has 118 valence electrons. The maximum atomic E-state index is 12.5. The summed E-state index contributed by atoms with van der Waals surface area (Å²) in [6, 6.07) is 13.7. The summed E-state index contributed by atoms with van der Waals surface area (Å²) in [7, 11) is -1.75. The van der Waals surface area contributed by atoms with Crippen LogP contribution in [0.4, 0.5) is 11.4 Å². The van der Waals surface area contributed by atoms with E-state index >= 15 is 0 Å². The van der Waals surface area contributed by atoms with Crippen LogP contribution in [0.5, 0.6) is 0 Å². The molecule has 1 aliphatic rings. The summed E-state index contributed by atoms with van der Waals surface area (Å²) >= 11 is 0. The molecular formula is C17H17N3O2S. The van der Waals surface area contributed by atoms with E-state index < -0.39 is 10.0 Å². The van der Waals surface area contributed by atoms with Gasteiger partial charge in [0.1, 0.15) is 11.0 Å². The summed E-state index contributed by atoms with van der Waals surface area (Å²) in [5.74, 6) is 0. The van der Waals surface area contributed by atoms with Gasteiger partial charge in [0.25, 0.3) is 10.0 Å². The number of aryl methyl sites for hydroxylation is 1. The number of sulfonamides is 1. The normalized spacial score (nSPS) is 14.0. The minimum absolute atomic E-state index is 0.00246. The molecule has 1 aliphatic heterocycles. The molecule has 0 amide bonds. The molecule has 5 nitrogen and oxygen atoms in total. The van der Waals surface area contributed by atoms with Gasteiger partial charge in [-0.15, -0.1) is 0 Å². The van der Waals surface area contributed by atoms with Crippen molar-refractivity contribution in [1.82, 2.24) is 0 Å². The van der Waals surface area contributed by atoms with Crippen LogP contribution >= 0.6 is 0 Å². The largest absolute Gasteiger partial charge is 0.374 e. The SMILES string of the molecule is CN1CCCc2cc(NS(=O)(=O)c3ccccc3C#N)ccc21. The quantitative estimate of drug-likeness (QED) is 0.941. The first-order valence-electron chi connectivity index (χ1n) is 7.37. The Balaban J connectivity index is 1.94. The van der Waals surface area contributed by atoms with E-state index in [-0.39, 0.29) is 10.5 Å². The van der Waals surface area contributed by atoms with Crippen LogP contribution in [-0.4, -0.2) is 22.0 Å². The molecule has 23 heavy (non-hydrogen) atoms. The Hall–Kier alpha value is -2.52. The molecule has 0 fully saturated rings. The second-order valence-electron chi connectivity index (χ2n) is 5.58. The molecule has 6 heteroatoms. The highest BCUT2D eigenvalue weighted by molar-refractivity contribution is 7.92. The Morgan fingerprint density at radius 3 is 2.78 bits per heavy atom. The van der Waals surface area contributed by atoms with Crippen molar-refractivity contribution in [3.05, 3.63) is 53.6 Å². The van der Waals surface area contributed by atoms with Crippen LogP contribution in [0.2, 0.25) is 0 Å². The Morgan fingerprint density at radius 2 is 2.00 bits per heavy atom. The number of nitrogens with zero attached hydrogens (tertiary/aromatic N) is 2. The van der Waals surface area contributed by atoms with E-state index in [1.165, 1.54) is 12.1 Å². The van der Waals surface area contributed by atoms with Crippen molar-refractivity contribution < 1.29 is 8.42 Å². The number of anilines is 2. The maximum absolute atomic E-state index is 12.5. The molecule has 0 saturated carbocycles. The number of rotatable bonds is 3. The van der Waals surface area contributed by atoms with Crippen molar-refractivity contribution in [3.8, 4) is 6.07 Å². The number of nitrogens with one attached hydrogen (secondary N) is 1. The first kappa shape index (κ1) is 15.4. The van der Waals surface area contributed by atoms with E-state index in [4.69, 9.17) is 5.26 Å². The second-order valence-corrected chi connectivity index (χ2v) is 7.23. The van der Waals surface area contributed by atoms with Gasteiger partial charge in [0, 0.05) is 25.0 Å². The zero-order valence-electron chi connectivity index (χ0n) is 12.8. The van der Waals surface area contributed by atoms with Gasteiger partial charge in [-0.05, 0) is 48.7 Å². The van der Waals surface area contributed by atoms with Crippen LogP contribution in [0.15, 0.2) is 47.4 Å².